The highest BCUT2D eigenvalue weighted by molar-refractivity contribution is 5.97. The molecule has 4 aliphatic rings. The Kier molecular flexibility index (Phi) is 3.21. The maximum Gasteiger partial charge on any atom is 0.159 e. The third-order valence-corrected chi connectivity index (χ3v) is 7.74. The number of ketones is 2. The lowest BCUT2D eigenvalue weighted by Gasteiger charge is -2.57. The summed E-state index contributed by atoms with van der Waals surface area (Å²) in [4.78, 5) is 25.3. The van der Waals surface area contributed by atoms with E-state index in [0.717, 1.165) is 24.8 Å². The van der Waals surface area contributed by atoms with Crippen LogP contribution in [0.5, 0.6) is 0 Å². The number of hydrogen-bond acceptors (Lipinski definition) is 4. The number of aliphatic hydroxyl groups excluding tert-OH is 2. The molecule has 4 aliphatic carbocycles. The minimum atomic E-state index is -0.743. The largest absolute Gasteiger partial charge is 0.393 e. The number of Topliss-reactive ketones (excluding diaryl/α,β-unsaturated/α-hetero) is 1. The highest BCUT2D eigenvalue weighted by Crippen LogP contribution is 2.63. The van der Waals surface area contributed by atoms with Gasteiger partial charge in [-0.1, -0.05) is 12.5 Å². The van der Waals surface area contributed by atoms with Crippen molar-refractivity contribution in [2.75, 3.05) is 0 Å². The molecule has 4 nitrogen and oxygen atoms in total. The zero-order valence-corrected chi connectivity index (χ0v) is 13.9. The van der Waals surface area contributed by atoms with E-state index < -0.39 is 11.5 Å². The average Bonchev–Trinajstić information content (AvgIpc) is 2.80. The van der Waals surface area contributed by atoms with Crippen LogP contribution in [0.3, 0.4) is 0 Å². The summed E-state index contributed by atoms with van der Waals surface area (Å²) in [6.07, 6.45) is 4.68. The van der Waals surface area contributed by atoms with E-state index in [-0.39, 0.29) is 40.8 Å². The Morgan fingerprint density at radius 2 is 1.87 bits per heavy atom. The van der Waals surface area contributed by atoms with Gasteiger partial charge in [0.05, 0.1) is 17.6 Å². The third kappa shape index (κ3) is 1.85. The van der Waals surface area contributed by atoms with Crippen molar-refractivity contribution < 1.29 is 19.8 Å². The van der Waals surface area contributed by atoms with Gasteiger partial charge in [0.25, 0.3) is 0 Å². The lowest BCUT2D eigenvalue weighted by molar-refractivity contribution is -0.155. The summed E-state index contributed by atoms with van der Waals surface area (Å²) in [7, 11) is 0. The Morgan fingerprint density at radius 1 is 1.13 bits per heavy atom. The van der Waals surface area contributed by atoms with Crippen molar-refractivity contribution >= 4 is 11.6 Å². The van der Waals surface area contributed by atoms with E-state index in [1.54, 1.807) is 6.08 Å². The lowest BCUT2D eigenvalue weighted by atomic mass is 9.47. The summed E-state index contributed by atoms with van der Waals surface area (Å²) in [5, 5.41) is 20.8. The van der Waals surface area contributed by atoms with Gasteiger partial charge in [-0.2, -0.15) is 0 Å². The summed E-state index contributed by atoms with van der Waals surface area (Å²) in [5.74, 6) is 0.174. The summed E-state index contributed by atoms with van der Waals surface area (Å²) in [6, 6.07) is 0. The molecule has 3 saturated carbocycles. The molecule has 0 amide bonds. The molecule has 0 heterocycles. The van der Waals surface area contributed by atoms with Gasteiger partial charge in [0.15, 0.2) is 5.78 Å². The van der Waals surface area contributed by atoms with Gasteiger partial charge in [0, 0.05) is 12.3 Å². The van der Waals surface area contributed by atoms with Gasteiger partial charge in [-0.25, -0.2) is 0 Å². The molecule has 0 radical (unpaired) electrons. The molecule has 0 aromatic heterocycles. The van der Waals surface area contributed by atoms with Crippen LogP contribution in [0.2, 0.25) is 0 Å². The second kappa shape index (κ2) is 4.76. The monoisotopic (exact) mass is 318 g/mol. The van der Waals surface area contributed by atoms with Crippen LogP contribution in [0, 0.1) is 28.6 Å². The molecule has 0 aromatic carbocycles. The number of allylic oxidation sites excluding steroid dienone is 1. The normalized spacial score (nSPS) is 52.5. The van der Waals surface area contributed by atoms with E-state index in [4.69, 9.17) is 0 Å². The first kappa shape index (κ1) is 15.5. The van der Waals surface area contributed by atoms with Crippen LogP contribution >= 0.6 is 0 Å². The van der Waals surface area contributed by atoms with Crippen LogP contribution in [-0.4, -0.2) is 34.0 Å². The summed E-state index contributed by atoms with van der Waals surface area (Å²) in [6.45, 7) is 4.06. The average molecular weight is 318 g/mol. The number of carbonyl (C=O) groups is 2. The van der Waals surface area contributed by atoms with Crippen molar-refractivity contribution in [2.24, 2.45) is 28.6 Å². The van der Waals surface area contributed by atoms with Crippen LogP contribution in [0.15, 0.2) is 11.6 Å². The number of rotatable bonds is 0. The van der Waals surface area contributed by atoms with Gasteiger partial charge >= 0.3 is 0 Å². The van der Waals surface area contributed by atoms with Gasteiger partial charge in [0.1, 0.15) is 5.78 Å². The molecule has 2 N–H and O–H groups in total. The van der Waals surface area contributed by atoms with Crippen LogP contribution in [-0.2, 0) is 9.59 Å². The number of fused-ring (bicyclic) bond motifs is 5. The van der Waals surface area contributed by atoms with Gasteiger partial charge in [-0.15, -0.1) is 0 Å². The zero-order chi connectivity index (χ0) is 16.6. The smallest absolute Gasteiger partial charge is 0.159 e. The minimum absolute atomic E-state index is 0.0299. The standard InChI is InChI=1S/C19H26O4/c1-18-6-5-11(20)7-10(18)8-14(21)17-12-3-4-15(22)19(12,2)16(23)9-13(17)18/h8,11-13,16-17,20,23H,3-7,9H2,1-2H3/t11-,12-,13-,16+,17-,18-,19-/m0/s1. The maximum atomic E-state index is 12.9. The van der Waals surface area contributed by atoms with Crippen LogP contribution in [0.1, 0.15) is 52.4 Å². The molecule has 0 unspecified atom stereocenters. The quantitative estimate of drug-likeness (QED) is 0.717. The van der Waals surface area contributed by atoms with Gasteiger partial charge in [-0.3, -0.25) is 9.59 Å². The molecule has 7 atom stereocenters. The molecule has 0 spiro atoms. The van der Waals surface area contributed by atoms with E-state index in [2.05, 4.69) is 6.92 Å². The molecule has 23 heavy (non-hydrogen) atoms. The lowest BCUT2D eigenvalue weighted by Crippen LogP contribution is -2.58. The molecule has 126 valence electrons. The third-order valence-electron chi connectivity index (χ3n) is 7.74. The molecule has 0 aliphatic heterocycles. The van der Waals surface area contributed by atoms with Crippen molar-refractivity contribution in [1.29, 1.82) is 0 Å². The summed E-state index contributed by atoms with van der Waals surface area (Å²) >= 11 is 0. The zero-order valence-electron chi connectivity index (χ0n) is 13.9. The SMILES string of the molecule is C[C@@]12C(=O)CC[C@H]1[C@@H]1C(=O)C=C3C[C@@H](O)CC[C@]3(C)[C@H]1C[C@H]2O. The van der Waals surface area contributed by atoms with E-state index >= 15 is 0 Å². The Morgan fingerprint density at radius 3 is 2.61 bits per heavy atom. The molecule has 0 bridgehead atoms. The van der Waals surface area contributed by atoms with Crippen LogP contribution in [0.4, 0.5) is 0 Å². The van der Waals surface area contributed by atoms with Gasteiger partial charge < -0.3 is 10.2 Å². The van der Waals surface area contributed by atoms with Crippen LogP contribution < -0.4 is 0 Å². The molecule has 4 rings (SSSR count). The predicted octanol–water partition coefficient (Wildman–Crippen LogP) is 2.03. The highest BCUT2D eigenvalue weighted by Gasteiger charge is 2.64. The van der Waals surface area contributed by atoms with E-state index in [9.17, 15) is 19.8 Å². The van der Waals surface area contributed by atoms with Crippen LogP contribution in [0.25, 0.3) is 0 Å². The topological polar surface area (TPSA) is 74.6 Å². The minimum Gasteiger partial charge on any atom is -0.393 e. The fourth-order valence-electron chi connectivity index (χ4n) is 6.14. The van der Waals surface area contributed by atoms with Crippen molar-refractivity contribution in [3.8, 4) is 0 Å². The molecule has 0 saturated heterocycles. The van der Waals surface area contributed by atoms with Crippen molar-refractivity contribution in [1.82, 2.24) is 0 Å². The van der Waals surface area contributed by atoms with E-state index in [1.165, 1.54) is 0 Å². The van der Waals surface area contributed by atoms with Crippen molar-refractivity contribution in [3.63, 3.8) is 0 Å². The number of carbonyl (C=O) groups excluding carboxylic acids is 2. The second-order valence-corrected chi connectivity index (χ2v) is 8.62. The van der Waals surface area contributed by atoms with Crippen molar-refractivity contribution in [3.05, 3.63) is 11.6 Å². The molecule has 0 aromatic rings. The fraction of sp³-hybridized carbons (Fsp3) is 0.789. The molecule has 4 heteroatoms. The first-order valence-electron chi connectivity index (χ1n) is 8.93. The Balaban J connectivity index is 1.80. The molecular formula is C19H26O4. The first-order valence-corrected chi connectivity index (χ1v) is 8.93. The summed E-state index contributed by atoms with van der Waals surface area (Å²) in [5.41, 5.74) is 0.195. The predicted molar refractivity (Wildman–Crippen MR) is 84.5 cm³/mol. The highest BCUT2D eigenvalue weighted by atomic mass is 16.3. The van der Waals surface area contributed by atoms with Gasteiger partial charge in [0.2, 0.25) is 0 Å². The molecular weight excluding hydrogens is 292 g/mol. The van der Waals surface area contributed by atoms with Crippen molar-refractivity contribution in [2.45, 2.75) is 64.6 Å². The Labute approximate surface area is 137 Å². The first-order chi connectivity index (χ1) is 10.8. The molecule has 3 fully saturated rings. The second-order valence-electron chi connectivity index (χ2n) is 8.62. The van der Waals surface area contributed by atoms with Gasteiger partial charge in [-0.05, 0) is 62.4 Å². The maximum absolute atomic E-state index is 12.9. The Hall–Kier alpha value is -1.00. The summed E-state index contributed by atoms with van der Waals surface area (Å²) < 4.78 is 0. The van der Waals surface area contributed by atoms with E-state index in [1.807, 2.05) is 6.92 Å². The Bertz CT molecular complexity index is 608. The van der Waals surface area contributed by atoms with E-state index in [0.29, 0.717) is 19.3 Å². The number of hydrogen-bond donors (Lipinski definition) is 2. The number of aliphatic hydroxyl groups is 2. The fourth-order valence-corrected chi connectivity index (χ4v) is 6.14.